The average molecular weight is 507 g/mol. The number of hydrogen-bond acceptors (Lipinski definition) is 3. The minimum absolute atomic E-state index is 0.798. The minimum Gasteiger partial charge on any atom is -0.494 e. The molecule has 1 aliphatic rings. The predicted molar refractivity (Wildman–Crippen MR) is 158 cm³/mol. The zero-order valence-electron chi connectivity index (χ0n) is 24.1. The predicted octanol–water partition coefficient (Wildman–Crippen LogP) is 10.4. The number of hydrogen-bond donors (Lipinski definition) is 0. The van der Waals surface area contributed by atoms with Crippen LogP contribution in [-0.4, -0.2) is 16.6 Å². The lowest BCUT2D eigenvalue weighted by atomic mass is 9.78. The van der Waals surface area contributed by atoms with Crippen molar-refractivity contribution in [2.75, 3.05) is 6.61 Å². The first kappa shape index (κ1) is 29.7. The molecule has 0 amide bonds. The second-order valence-electron chi connectivity index (χ2n) is 11.5. The molecule has 0 radical (unpaired) electrons. The van der Waals surface area contributed by atoms with Crippen LogP contribution >= 0.6 is 0 Å². The number of nitrogens with zero attached hydrogens (tertiary/aromatic N) is 2. The van der Waals surface area contributed by atoms with Gasteiger partial charge in [-0.3, -0.25) is 0 Å². The van der Waals surface area contributed by atoms with Crippen molar-refractivity contribution in [1.29, 1.82) is 0 Å². The second-order valence-corrected chi connectivity index (χ2v) is 11.5. The van der Waals surface area contributed by atoms with E-state index in [0.29, 0.717) is 0 Å². The van der Waals surface area contributed by atoms with Gasteiger partial charge in [0, 0.05) is 18.0 Å². The van der Waals surface area contributed by atoms with Crippen LogP contribution in [-0.2, 0) is 6.42 Å². The van der Waals surface area contributed by atoms with Crippen molar-refractivity contribution in [3.05, 3.63) is 42.2 Å². The quantitative estimate of drug-likeness (QED) is 0.178. The molecule has 1 aliphatic carbocycles. The van der Waals surface area contributed by atoms with Gasteiger partial charge >= 0.3 is 0 Å². The Hall–Kier alpha value is -1.90. The van der Waals surface area contributed by atoms with E-state index in [-0.39, 0.29) is 0 Å². The Labute approximate surface area is 228 Å². The average Bonchev–Trinajstić information content (AvgIpc) is 2.94. The molecule has 1 saturated carbocycles. The largest absolute Gasteiger partial charge is 0.494 e. The summed E-state index contributed by atoms with van der Waals surface area (Å²) in [4.78, 5) is 9.18. The molecular formula is C34H54N2O. The molecule has 1 heterocycles. The maximum Gasteiger partial charge on any atom is 0.159 e. The summed E-state index contributed by atoms with van der Waals surface area (Å²) in [7, 11) is 0. The monoisotopic (exact) mass is 506 g/mol. The molecule has 3 heteroatoms. The van der Waals surface area contributed by atoms with Crippen LogP contribution in [0.4, 0.5) is 0 Å². The maximum absolute atomic E-state index is 6.05. The van der Waals surface area contributed by atoms with Gasteiger partial charge in [-0.15, -0.1) is 0 Å². The van der Waals surface area contributed by atoms with E-state index >= 15 is 0 Å². The Kier molecular flexibility index (Phi) is 14.7. The molecule has 0 atom stereocenters. The molecule has 0 aliphatic heterocycles. The summed E-state index contributed by atoms with van der Waals surface area (Å²) in [5.41, 5.74) is 2.29. The van der Waals surface area contributed by atoms with Gasteiger partial charge in [-0.25, -0.2) is 9.97 Å². The lowest BCUT2D eigenvalue weighted by molar-refractivity contribution is 0.228. The highest BCUT2D eigenvalue weighted by atomic mass is 16.5. The molecule has 0 bridgehead atoms. The zero-order chi connectivity index (χ0) is 26.0. The lowest BCUT2D eigenvalue weighted by Gasteiger charge is -2.28. The highest BCUT2D eigenvalue weighted by molar-refractivity contribution is 5.55. The summed E-state index contributed by atoms with van der Waals surface area (Å²) in [6.45, 7) is 5.37. The summed E-state index contributed by atoms with van der Waals surface area (Å²) < 4.78 is 6.05. The van der Waals surface area contributed by atoms with E-state index in [0.717, 1.165) is 48.4 Å². The van der Waals surface area contributed by atoms with Crippen molar-refractivity contribution in [3.63, 3.8) is 0 Å². The SMILES string of the molecule is CCCCCCCCC[C@H]1CC[C@H](CCCOc2ccc(-c3ncc(CCCCCC)cn3)cc2)CC1. The Balaban J connectivity index is 1.24. The lowest BCUT2D eigenvalue weighted by Crippen LogP contribution is -2.15. The number of ether oxygens (including phenoxy) is 1. The van der Waals surface area contributed by atoms with Crippen molar-refractivity contribution >= 4 is 0 Å². The number of aryl methyl sites for hydroxylation is 1. The summed E-state index contributed by atoms with van der Waals surface area (Å²) in [5, 5.41) is 0. The van der Waals surface area contributed by atoms with Crippen molar-refractivity contribution in [1.82, 2.24) is 9.97 Å². The van der Waals surface area contributed by atoms with E-state index < -0.39 is 0 Å². The molecule has 37 heavy (non-hydrogen) atoms. The van der Waals surface area contributed by atoms with E-state index in [2.05, 4.69) is 48.1 Å². The molecule has 0 N–H and O–H groups in total. The van der Waals surface area contributed by atoms with E-state index in [1.165, 1.54) is 115 Å². The molecule has 3 nitrogen and oxygen atoms in total. The Morgan fingerprint density at radius 1 is 0.649 bits per heavy atom. The fourth-order valence-corrected chi connectivity index (χ4v) is 5.85. The van der Waals surface area contributed by atoms with Gasteiger partial charge in [-0.05, 0) is 67.3 Å². The van der Waals surface area contributed by atoms with Crippen LogP contribution in [0.25, 0.3) is 11.4 Å². The van der Waals surface area contributed by atoms with Crippen LogP contribution < -0.4 is 4.74 Å². The Morgan fingerprint density at radius 3 is 1.81 bits per heavy atom. The molecule has 1 fully saturated rings. The van der Waals surface area contributed by atoms with E-state index in [9.17, 15) is 0 Å². The smallest absolute Gasteiger partial charge is 0.159 e. The number of aromatic nitrogens is 2. The van der Waals surface area contributed by atoms with Crippen LogP contribution in [0.1, 0.15) is 135 Å². The first-order chi connectivity index (χ1) is 18.3. The first-order valence-corrected chi connectivity index (χ1v) is 15.8. The number of unbranched alkanes of at least 4 members (excludes halogenated alkanes) is 9. The van der Waals surface area contributed by atoms with E-state index in [4.69, 9.17) is 4.74 Å². The van der Waals surface area contributed by atoms with Crippen molar-refractivity contribution in [2.24, 2.45) is 11.8 Å². The van der Waals surface area contributed by atoms with Gasteiger partial charge in [-0.1, -0.05) is 110 Å². The fourth-order valence-electron chi connectivity index (χ4n) is 5.85. The molecule has 1 aromatic carbocycles. The van der Waals surface area contributed by atoms with E-state index in [1.807, 2.05) is 12.4 Å². The van der Waals surface area contributed by atoms with Gasteiger partial charge in [0.05, 0.1) is 6.61 Å². The second kappa shape index (κ2) is 18.4. The van der Waals surface area contributed by atoms with E-state index in [1.54, 1.807) is 0 Å². The molecule has 1 aromatic heterocycles. The molecule has 0 unspecified atom stereocenters. The van der Waals surface area contributed by atoms with Gasteiger partial charge in [0.15, 0.2) is 5.82 Å². The highest BCUT2D eigenvalue weighted by Crippen LogP contribution is 2.34. The third-order valence-corrected chi connectivity index (χ3v) is 8.34. The highest BCUT2D eigenvalue weighted by Gasteiger charge is 2.20. The van der Waals surface area contributed by atoms with Crippen LogP contribution in [0, 0.1) is 11.8 Å². The van der Waals surface area contributed by atoms with Crippen molar-refractivity contribution in [3.8, 4) is 17.1 Å². The van der Waals surface area contributed by atoms with Crippen LogP contribution in [0.5, 0.6) is 5.75 Å². The molecule has 3 rings (SSSR count). The van der Waals surface area contributed by atoms with Gasteiger partial charge < -0.3 is 4.74 Å². The standard InChI is InChI=1S/C34H54N2O/c1-3-5-7-9-10-11-13-15-29-18-20-30(21-19-29)17-14-26-37-33-24-22-32(23-25-33)34-35-27-31(28-36-34)16-12-8-6-4-2/h22-25,27-30H,3-21,26H2,1-2H3/t29-,30-. The summed E-state index contributed by atoms with van der Waals surface area (Å²) >= 11 is 0. The summed E-state index contributed by atoms with van der Waals surface area (Å²) in [6.07, 6.45) is 30.0. The number of rotatable bonds is 19. The van der Waals surface area contributed by atoms with Gasteiger partial charge in [0.25, 0.3) is 0 Å². The topological polar surface area (TPSA) is 35.0 Å². The molecule has 2 aromatic rings. The summed E-state index contributed by atoms with van der Waals surface area (Å²) in [5.74, 6) is 3.68. The maximum atomic E-state index is 6.05. The minimum atomic E-state index is 0.798. The van der Waals surface area contributed by atoms with Crippen molar-refractivity contribution in [2.45, 2.75) is 136 Å². The molecule has 206 valence electrons. The van der Waals surface area contributed by atoms with Crippen LogP contribution in [0.15, 0.2) is 36.7 Å². The van der Waals surface area contributed by atoms with Gasteiger partial charge in [0.2, 0.25) is 0 Å². The van der Waals surface area contributed by atoms with Gasteiger partial charge in [-0.2, -0.15) is 0 Å². The molecular weight excluding hydrogens is 452 g/mol. The Morgan fingerprint density at radius 2 is 1.19 bits per heavy atom. The molecule has 0 saturated heterocycles. The van der Waals surface area contributed by atoms with Gasteiger partial charge in [0.1, 0.15) is 5.75 Å². The fraction of sp³-hybridized carbons (Fsp3) is 0.706. The normalized spacial score (nSPS) is 17.7. The van der Waals surface area contributed by atoms with Crippen LogP contribution in [0.2, 0.25) is 0 Å². The molecule has 0 spiro atoms. The zero-order valence-corrected chi connectivity index (χ0v) is 24.1. The first-order valence-electron chi connectivity index (χ1n) is 15.8. The Bertz CT molecular complexity index is 809. The third kappa shape index (κ3) is 12.0. The van der Waals surface area contributed by atoms with Crippen LogP contribution in [0.3, 0.4) is 0 Å². The van der Waals surface area contributed by atoms with Crippen molar-refractivity contribution < 1.29 is 4.74 Å². The number of benzene rings is 1. The third-order valence-electron chi connectivity index (χ3n) is 8.34. The summed E-state index contributed by atoms with van der Waals surface area (Å²) in [6, 6.07) is 8.29.